The van der Waals surface area contributed by atoms with E-state index in [1.807, 2.05) is 36.2 Å². The summed E-state index contributed by atoms with van der Waals surface area (Å²) >= 11 is 5.85. The number of amides is 1. The maximum atomic E-state index is 12.4. The van der Waals surface area contributed by atoms with Crippen LogP contribution in [0.5, 0.6) is 5.75 Å². The van der Waals surface area contributed by atoms with Crippen molar-refractivity contribution in [3.8, 4) is 5.75 Å². The Labute approximate surface area is 146 Å². The molecule has 2 heterocycles. The number of piperazine rings is 1. The first-order valence-electron chi connectivity index (χ1n) is 8.00. The third kappa shape index (κ3) is 4.27. The fraction of sp³-hybridized carbons (Fsp3) is 0.412. The third-order valence-corrected chi connectivity index (χ3v) is 4.35. The molecule has 1 fully saturated rings. The smallest absolute Gasteiger partial charge is 0.257 e. The zero-order valence-corrected chi connectivity index (χ0v) is 14.4. The summed E-state index contributed by atoms with van der Waals surface area (Å²) in [7, 11) is 1.81. The minimum absolute atomic E-state index is 0.0557. The van der Waals surface area contributed by atoms with Crippen LogP contribution in [-0.4, -0.2) is 64.8 Å². The van der Waals surface area contributed by atoms with Crippen LogP contribution in [0.1, 0.15) is 10.4 Å². The van der Waals surface area contributed by atoms with Gasteiger partial charge in [0.15, 0.2) is 0 Å². The predicted molar refractivity (Wildman–Crippen MR) is 92.5 cm³/mol. The van der Waals surface area contributed by atoms with E-state index in [4.69, 9.17) is 16.3 Å². The highest BCUT2D eigenvalue weighted by atomic mass is 35.5. The predicted octanol–water partition coefficient (Wildman–Crippen LogP) is 1.91. The van der Waals surface area contributed by atoms with Gasteiger partial charge in [0.05, 0.1) is 11.8 Å². The summed E-state index contributed by atoms with van der Waals surface area (Å²) in [5, 5.41) is 4.76. The lowest BCUT2D eigenvalue weighted by atomic mass is 10.2. The number of ether oxygens (including phenoxy) is 1. The fourth-order valence-corrected chi connectivity index (χ4v) is 2.84. The lowest BCUT2D eigenvalue weighted by Gasteiger charge is -2.34. The second-order valence-electron chi connectivity index (χ2n) is 5.84. The summed E-state index contributed by atoms with van der Waals surface area (Å²) < 4.78 is 7.37. The summed E-state index contributed by atoms with van der Waals surface area (Å²) in [6, 6.07) is 7.37. The van der Waals surface area contributed by atoms with E-state index in [-0.39, 0.29) is 5.91 Å². The Kier molecular flexibility index (Phi) is 5.37. The molecule has 0 spiro atoms. The van der Waals surface area contributed by atoms with Gasteiger partial charge in [0.1, 0.15) is 12.4 Å². The maximum absolute atomic E-state index is 12.4. The van der Waals surface area contributed by atoms with Gasteiger partial charge in [-0.1, -0.05) is 11.6 Å². The van der Waals surface area contributed by atoms with Gasteiger partial charge in [-0.05, 0) is 24.3 Å². The minimum Gasteiger partial charge on any atom is -0.492 e. The Morgan fingerprint density at radius 3 is 2.54 bits per heavy atom. The second-order valence-corrected chi connectivity index (χ2v) is 6.28. The quantitative estimate of drug-likeness (QED) is 0.828. The Hall–Kier alpha value is -2.05. The highest BCUT2D eigenvalue weighted by Crippen LogP contribution is 2.15. The molecule has 0 radical (unpaired) electrons. The Balaban J connectivity index is 1.40. The number of aromatic nitrogens is 2. The van der Waals surface area contributed by atoms with Gasteiger partial charge in [0.2, 0.25) is 0 Å². The molecule has 0 unspecified atom stereocenters. The standard InChI is InChI=1S/C17H21ClN4O2/c1-20-13-14(12-19-20)17(23)22-8-6-21(7-9-22)10-11-24-16-4-2-15(18)3-5-16/h2-5,12-13H,6-11H2,1H3. The van der Waals surface area contributed by atoms with Crippen LogP contribution in [0.2, 0.25) is 5.02 Å². The van der Waals surface area contributed by atoms with E-state index in [9.17, 15) is 4.79 Å². The molecule has 24 heavy (non-hydrogen) atoms. The molecule has 6 nitrogen and oxygen atoms in total. The van der Waals surface area contributed by atoms with Crippen molar-refractivity contribution < 1.29 is 9.53 Å². The van der Waals surface area contributed by atoms with Gasteiger partial charge in [-0.15, -0.1) is 0 Å². The molecule has 2 aromatic rings. The highest BCUT2D eigenvalue weighted by molar-refractivity contribution is 6.30. The molecule has 128 valence electrons. The Morgan fingerprint density at radius 2 is 1.92 bits per heavy atom. The Morgan fingerprint density at radius 1 is 1.21 bits per heavy atom. The molecule has 7 heteroatoms. The van der Waals surface area contributed by atoms with Crippen molar-refractivity contribution in [1.82, 2.24) is 19.6 Å². The summed E-state index contributed by atoms with van der Waals surface area (Å²) in [6.07, 6.45) is 3.38. The first kappa shape index (κ1) is 16.8. The van der Waals surface area contributed by atoms with E-state index in [2.05, 4.69) is 10.00 Å². The number of carbonyl (C=O) groups excluding carboxylic acids is 1. The van der Waals surface area contributed by atoms with E-state index in [1.165, 1.54) is 0 Å². The van der Waals surface area contributed by atoms with Crippen molar-refractivity contribution in [3.63, 3.8) is 0 Å². The lowest BCUT2D eigenvalue weighted by molar-refractivity contribution is 0.0620. The maximum Gasteiger partial charge on any atom is 0.257 e. The number of aryl methyl sites for hydroxylation is 1. The minimum atomic E-state index is 0.0557. The van der Waals surface area contributed by atoms with Crippen molar-refractivity contribution in [2.75, 3.05) is 39.3 Å². The number of halogens is 1. The molecule has 0 bridgehead atoms. The van der Waals surface area contributed by atoms with E-state index in [0.29, 0.717) is 17.2 Å². The van der Waals surface area contributed by atoms with Crippen molar-refractivity contribution in [1.29, 1.82) is 0 Å². The van der Waals surface area contributed by atoms with Crippen molar-refractivity contribution in [2.45, 2.75) is 0 Å². The van der Waals surface area contributed by atoms with Crippen LogP contribution in [0.25, 0.3) is 0 Å². The fourth-order valence-electron chi connectivity index (χ4n) is 2.71. The molecule has 0 N–H and O–H groups in total. The van der Waals surface area contributed by atoms with Crippen molar-refractivity contribution >= 4 is 17.5 Å². The summed E-state index contributed by atoms with van der Waals surface area (Å²) in [5.41, 5.74) is 0.650. The molecule has 1 saturated heterocycles. The molecular formula is C17H21ClN4O2. The van der Waals surface area contributed by atoms with Gasteiger partial charge in [-0.3, -0.25) is 14.4 Å². The topological polar surface area (TPSA) is 50.6 Å². The zero-order chi connectivity index (χ0) is 16.9. The monoisotopic (exact) mass is 348 g/mol. The largest absolute Gasteiger partial charge is 0.492 e. The molecule has 1 aliphatic heterocycles. The molecule has 0 aliphatic carbocycles. The van der Waals surface area contributed by atoms with Crippen LogP contribution in [-0.2, 0) is 7.05 Å². The molecule has 1 amide bonds. The summed E-state index contributed by atoms with van der Waals surface area (Å²) in [6.45, 7) is 4.64. The highest BCUT2D eigenvalue weighted by Gasteiger charge is 2.22. The lowest BCUT2D eigenvalue weighted by Crippen LogP contribution is -2.49. The van der Waals surface area contributed by atoms with Crippen molar-refractivity contribution in [2.24, 2.45) is 7.05 Å². The molecule has 1 aromatic heterocycles. The summed E-state index contributed by atoms with van der Waals surface area (Å²) in [4.78, 5) is 16.6. The van der Waals surface area contributed by atoms with E-state index in [0.717, 1.165) is 38.5 Å². The van der Waals surface area contributed by atoms with Gasteiger partial charge < -0.3 is 9.64 Å². The average molecular weight is 349 g/mol. The van der Waals surface area contributed by atoms with Gasteiger partial charge >= 0.3 is 0 Å². The van der Waals surface area contributed by atoms with Crippen LogP contribution in [0.4, 0.5) is 0 Å². The molecular weight excluding hydrogens is 328 g/mol. The second kappa shape index (κ2) is 7.68. The van der Waals surface area contributed by atoms with Crippen LogP contribution < -0.4 is 4.74 Å². The van der Waals surface area contributed by atoms with E-state index >= 15 is 0 Å². The first-order valence-corrected chi connectivity index (χ1v) is 8.38. The van der Waals surface area contributed by atoms with Crippen LogP contribution in [0.3, 0.4) is 0 Å². The van der Waals surface area contributed by atoms with Gasteiger partial charge in [-0.2, -0.15) is 5.10 Å². The van der Waals surface area contributed by atoms with Gasteiger partial charge in [-0.25, -0.2) is 0 Å². The molecule has 3 rings (SSSR count). The number of hydrogen-bond donors (Lipinski definition) is 0. The zero-order valence-electron chi connectivity index (χ0n) is 13.7. The number of rotatable bonds is 5. The van der Waals surface area contributed by atoms with E-state index in [1.54, 1.807) is 17.1 Å². The number of carbonyl (C=O) groups is 1. The number of hydrogen-bond acceptors (Lipinski definition) is 4. The number of benzene rings is 1. The average Bonchev–Trinajstić information content (AvgIpc) is 3.03. The number of nitrogens with zero attached hydrogens (tertiary/aromatic N) is 4. The van der Waals surface area contributed by atoms with Crippen LogP contribution in [0.15, 0.2) is 36.7 Å². The molecule has 0 saturated carbocycles. The van der Waals surface area contributed by atoms with Gasteiger partial charge in [0, 0.05) is 51.0 Å². The van der Waals surface area contributed by atoms with Crippen molar-refractivity contribution in [3.05, 3.63) is 47.2 Å². The van der Waals surface area contributed by atoms with Crippen LogP contribution >= 0.6 is 11.6 Å². The molecule has 1 aromatic carbocycles. The molecule has 0 atom stereocenters. The normalized spacial score (nSPS) is 15.5. The first-order chi connectivity index (χ1) is 11.6. The third-order valence-electron chi connectivity index (χ3n) is 4.10. The SMILES string of the molecule is Cn1cc(C(=O)N2CCN(CCOc3ccc(Cl)cc3)CC2)cn1. The van der Waals surface area contributed by atoms with E-state index < -0.39 is 0 Å². The Bertz CT molecular complexity index is 678. The summed E-state index contributed by atoms with van der Waals surface area (Å²) in [5.74, 6) is 0.880. The van der Waals surface area contributed by atoms with Crippen LogP contribution in [0, 0.1) is 0 Å². The van der Waals surface area contributed by atoms with Gasteiger partial charge in [0.25, 0.3) is 5.91 Å². The molecule has 1 aliphatic rings.